The zero-order valence-electron chi connectivity index (χ0n) is 20.2. The molecule has 2 aromatic heterocycles. The highest BCUT2D eigenvalue weighted by Crippen LogP contribution is 2.36. The van der Waals surface area contributed by atoms with Gasteiger partial charge in [-0.1, -0.05) is 38.1 Å². The fraction of sp³-hybridized carbons (Fsp3) is 0.276. The van der Waals surface area contributed by atoms with Gasteiger partial charge in [0.1, 0.15) is 17.3 Å². The van der Waals surface area contributed by atoms with Gasteiger partial charge in [0, 0.05) is 47.9 Å². The molecule has 7 heteroatoms. The number of nitrogens with zero attached hydrogens (tertiary/aromatic N) is 2. The van der Waals surface area contributed by atoms with E-state index < -0.39 is 5.82 Å². The molecule has 1 saturated heterocycles. The Morgan fingerprint density at radius 3 is 2.69 bits per heavy atom. The summed E-state index contributed by atoms with van der Waals surface area (Å²) < 4.78 is 26.4. The van der Waals surface area contributed by atoms with Gasteiger partial charge in [0.25, 0.3) is 0 Å². The number of hydrogen-bond acceptors (Lipinski definition) is 6. The van der Waals surface area contributed by atoms with Gasteiger partial charge in [0.05, 0.1) is 11.3 Å². The summed E-state index contributed by atoms with van der Waals surface area (Å²) in [6.07, 6.45) is 3.19. The Bertz CT molecular complexity index is 1480. The molecule has 0 spiro atoms. The molecule has 0 bridgehead atoms. The van der Waals surface area contributed by atoms with Crippen molar-refractivity contribution >= 4 is 22.4 Å². The van der Waals surface area contributed by atoms with Gasteiger partial charge in [-0.25, -0.2) is 9.37 Å². The second-order valence-electron chi connectivity index (χ2n) is 9.31. The van der Waals surface area contributed by atoms with E-state index in [1.54, 1.807) is 19.9 Å². The van der Waals surface area contributed by atoms with Gasteiger partial charge in [-0.05, 0) is 42.7 Å². The van der Waals surface area contributed by atoms with Gasteiger partial charge >= 0.3 is 0 Å². The van der Waals surface area contributed by atoms with Crippen molar-refractivity contribution < 1.29 is 18.3 Å². The second kappa shape index (κ2) is 9.92. The number of hydrogen-bond donors (Lipinski definition) is 1. The molecule has 4 aromatic rings. The number of halogens is 1. The third-order valence-corrected chi connectivity index (χ3v) is 6.46. The van der Waals surface area contributed by atoms with Gasteiger partial charge in [-0.2, -0.15) is 5.26 Å². The van der Waals surface area contributed by atoms with Gasteiger partial charge in [-0.3, -0.25) is 4.79 Å². The number of pyridine rings is 1. The fourth-order valence-corrected chi connectivity index (χ4v) is 4.49. The fourth-order valence-electron chi connectivity index (χ4n) is 4.49. The molecule has 1 N–H and O–H groups in total. The number of nitrogens with one attached hydrogen (secondary N) is 1. The predicted octanol–water partition coefficient (Wildman–Crippen LogP) is 6.60. The molecule has 1 aliphatic heterocycles. The Labute approximate surface area is 208 Å². The zero-order chi connectivity index (χ0) is 25.2. The average molecular weight is 484 g/mol. The van der Waals surface area contributed by atoms with Crippen LogP contribution >= 0.6 is 0 Å². The highest BCUT2D eigenvalue weighted by Gasteiger charge is 2.20. The molecule has 6 nitrogen and oxygen atoms in total. The van der Waals surface area contributed by atoms with E-state index in [2.05, 4.69) is 16.4 Å². The van der Waals surface area contributed by atoms with Crippen molar-refractivity contribution in [2.75, 3.05) is 18.5 Å². The molecule has 0 aliphatic carbocycles. The van der Waals surface area contributed by atoms with Crippen molar-refractivity contribution in [1.29, 1.82) is 5.26 Å². The number of benzene rings is 2. The first kappa shape index (κ1) is 23.7. The Morgan fingerprint density at radius 1 is 1.17 bits per heavy atom. The summed E-state index contributed by atoms with van der Waals surface area (Å²) in [5.74, 6) is -0.750. The summed E-state index contributed by atoms with van der Waals surface area (Å²) in [5, 5.41) is 14.1. The molecule has 5 rings (SSSR count). The SMILES string of the molecule is CC(C)C(=O)c1cnc(-c2cc3cccc(-c4ccc(NC5CCOCC5)c(C#N)c4)c3o2)c(F)c1. The number of carbonyl (C=O) groups excluding carboxylic acids is 1. The molecule has 36 heavy (non-hydrogen) atoms. The van der Waals surface area contributed by atoms with Crippen molar-refractivity contribution in [3.63, 3.8) is 0 Å². The molecule has 0 unspecified atom stereocenters. The first-order valence-corrected chi connectivity index (χ1v) is 12.1. The standard InChI is InChI=1S/C29H26FN3O3/c1-17(2)28(34)21-13-24(30)27(32-16-21)26-14-19-4-3-5-23(29(19)36-26)18-6-7-25(20(12-18)15-31)33-22-8-10-35-11-9-22/h3-7,12-14,16-17,22,33H,8-11H2,1-2H3. The number of fused-ring (bicyclic) bond motifs is 1. The minimum atomic E-state index is -0.614. The van der Waals surface area contributed by atoms with Crippen molar-refractivity contribution in [3.05, 3.63) is 71.7 Å². The van der Waals surface area contributed by atoms with Crippen molar-refractivity contribution in [3.8, 4) is 28.7 Å². The van der Waals surface area contributed by atoms with E-state index in [9.17, 15) is 14.4 Å². The van der Waals surface area contributed by atoms with Crippen LogP contribution in [0.15, 0.2) is 59.1 Å². The summed E-state index contributed by atoms with van der Waals surface area (Å²) in [4.78, 5) is 16.4. The summed E-state index contributed by atoms with van der Waals surface area (Å²) in [6, 6.07) is 16.9. The van der Waals surface area contributed by atoms with Crippen molar-refractivity contribution in [2.24, 2.45) is 5.92 Å². The van der Waals surface area contributed by atoms with Gasteiger partial charge in [0.2, 0.25) is 0 Å². The van der Waals surface area contributed by atoms with E-state index >= 15 is 0 Å². The third kappa shape index (κ3) is 4.60. The minimum Gasteiger partial charge on any atom is -0.454 e. The van der Waals surface area contributed by atoms with E-state index in [4.69, 9.17) is 9.15 Å². The van der Waals surface area contributed by atoms with E-state index in [0.29, 0.717) is 24.4 Å². The second-order valence-corrected chi connectivity index (χ2v) is 9.31. The number of para-hydroxylation sites is 1. The number of ether oxygens (including phenoxy) is 1. The van der Waals surface area contributed by atoms with Crippen LogP contribution in [-0.2, 0) is 4.74 Å². The molecule has 0 amide bonds. The lowest BCUT2D eigenvalue weighted by Crippen LogP contribution is -2.28. The smallest absolute Gasteiger partial charge is 0.167 e. The lowest BCUT2D eigenvalue weighted by atomic mass is 10.00. The first-order chi connectivity index (χ1) is 17.4. The highest BCUT2D eigenvalue weighted by molar-refractivity contribution is 5.98. The highest BCUT2D eigenvalue weighted by atomic mass is 19.1. The Balaban J connectivity index is 1.49. The van der Waals surface area contributed by atoms with Gasteiger partial charge in [-0.15, -0.1) is 0 Å². The van der Waals surface area contributed by atoms with Crippen LogP contribution in [0.3, 0.4) is 0 Å². The maximum Gasteiger partial charge on any atom is 0.167 e. The molecular weight excluding hydrogens is 457 g/mol. The number of anilines is 1. The van der Waals surface area contributed by atoms with E-state index in [0.717, 1.165) is 35.0 Å². The Kier molecular flexibility index (Phi) is 6.53. The monoisotopic (exact) mass is 483 g/mol. The summed E-state index contributed by atoms with van der Waals surface area (Å²) in [6.45, 7) is 4.96. The average Bonchev–Trinajstić information content (AvgIpc) is 3.33. The van der Waals surface area contributed by atoms with Crippen LogP contribution in [0.2, 0.25) is 0 Å². The van der Waals surface area contributed by atoms with E-state index in [1.807, 2.05) is 36.4 Å². The largest absolute Gasteiger partial charge is 0.454 e. The number of rotatable bonds is 6. The predicted molar refractivity (Wildman–Crippen MR) is 136 cm³/mol. The number of nitriles is 1. The summed E-state index contributed by atoms with van der Waals surface area (Å²) in [5.41, 5.74) is 3.81. The molecule has 1 fully saturated rings. The number of carbonyl (C=O) groups is 1. The maximum atomic E-state index is 14.9. The molecule has 182 valence electrons. The van der Waals surface area contributed by atoms with Crippen LogP contribution in [0.1, 0.15) is 42.6 Å². The molecule has 3 heterocycles. The van der Waals surface area contributed by atoms with Crippen LogP contribution in [-0.4, -0.2) is 30.0 Å². The van der Waals surface area contributed by atoms with Crippen molar-refractivity contribution in [1.82, 2.24) is 4.98 Å². The van der Waals surface area contributed by atoms with Crippen LogP contribution in [0.4, 0.5) is 10.1 Å². The number of aromatic nitrogens is 1. The lowest BCUT2D eigenvalue weighted by molar-refractivity contribution is 0.0904. The molecule has 0 atom stereocenters. The molecular formula is C29H26FN3O3. The summed E-state index contributed by atoms with van der Waals surface area (Å²) in [7, 11) is 0. The molecule has 0 radical (unpaired) electrons. The molecule has 0 saturated carbocycles. The van der Waals surface area contributed by atoms with Crippen molar-refractivity contribution in [2.45, 2.75) is 32.7 Å². The third-order valence-electron chi connectivity index (χ3n) is 6.46. The first-order valence-electron chi connectivity index (χ1n) is 12.1. The van der Waals surface area contributed by atoms with Crippen LogP contribution in [0.5, 0.6) is 0 Å². The number of ketones is 1. The quantitative estimate of drug-likeness (QED) is 0.311. The zero-order valence-corrected chi connectivity index (χ0v) is 20.2. The number of furan rings is 1. The molecule has 2 aromatic carbocycles. The topological polar surface area (TPSA) is 88.1 Å². The molecule has 1 aliphatic rings. The van der Waals surface area contributed by atoms with Gasteiger partial charge < -0.3 is 14.5 Å². The minimum absolute atomic E-state index is 0.0474. The van der Waals surface area contributed by atoms with E-state index in [-0.39, 0.29) is 34.8 Å². The maximum absolute atomic E-state index is 14.9. The van der Waals surface area contributed by atoms with Crippen LogP contribution in [0, 0.1) is 23.1 Å². The normalized spacial score (nSPS) is 14.2. The Hall–Kier alpha value is -4.02. The lowest BCUT2D eigenvalue weighted by Gasteiger charge is -2.24. The van der Waals surface area contributed by atoms with Gasteiger partial charge in [0.15, 0.2) is 17.4 Å². The van der Waals surface area contributed by atoms with Crippen LogP contribution < -0.4 is 5.32 Å². The van der Waals surface area contributed by atoms with Crippen LogP contribution in [0.25, 0.3) is 33.6 Å². The summed E-state index contributed by atoms with van der Waals surface area (Å²) >= 11 is 0. The van der Waals surface area contributed by atoms with E-state index in [1.165, 1.54) is 12.3 Å². The number of Topliss-reactive ketones (excluding diaryl/α,β-unsaturated/α-hetero) is 1. The Morgan fingerprint density at radius 2 is 1.97 bits per heavy atom.